The molecule has 0 N–H and O–H groups in total. The largest absolute Gasteiger partial charge is 0.416 e. The lowest BCUT2D eigenvalue weighted by atomic mass is 10.1. The molecule has 0 atom stereocenters. The molecule has 2 aromatic carbocycles. The van der Waals surface area contributed by atoms with Gasteiger partial charge in [0, 0.05) is 0 Å². The molecule has 0 aliphatic rings. The Balaban J connectivity index is 2.71. The van der Waals surface area contributed by atoms with E-state index in [1.54, 1.807) is 0 Å². The van der Waals surface area contributed by atoms with Crippen molar-refractivity contribution >= 4 is 9.84 Å². The predicted molar refractivity (Wildman–Crippen MR) is 68.3 cm³/mol. The van der Waals surface area contributed by atoms with E-state index in [4.69, 9.17) is 0 Å². The topological polar surface area (TPSA) is 34.1 Å². The molecule has 0 bridgehead atoms. The second-order valence-corrected chi connectivity index (χ2v) is 6.65. The Hall–Kier alpha value is -2.10. The maximum absolute atomic E-state index is 12.8. The molecule has 0 aliphatic heterocycles. The summed E-state index contributed by atoms with van der Waals surface area (Å²) < 4.78 is 114. The van der Waals surface area contributed by atoms with Crippen molar-refractivity contribution in [3.05, 3.63) is 59.4 Å². The lowest BCUT2D eigenvalue weighted by molar-refractivity contribution is -0.143. The summed E-state index contributed by atoms with van der Waals surface area (Å²) in [4.78, 5) is -1.81. The van der Waals surface area contributed by atoms with Gasteiger partial charge in [0.1, 0.15) is 5.82 Å². The zero-order valence-electron chi connectivity index (χ0n) is 11.4. The molecule has 0 fully saturated rings. The summed E-state index contributed by atoms with van der Waals surface area (Å²) in [7, 11) is -4.69. The van der Waals surface area contributed by atoms with Crippen LogP contribution < -0.4 is 0 Å². The lowest BCUT2D eigenvalue weighted by Gasteiger charge is -2.14. The molecule has 130 valence electrons. The molecule has 2 aromatic rings. The van der Waals surface area contributed by atoms with Crippen LogP contribution in [-0.2, 0) is 22.2 Å². The zero-order chi connectivity index (χ0) is 18.3. The van der Waals surface area contributed by atoms with Crippen LogP contribution >= 0.6 is 0 Å². The van der Waals surface area contributed by atoms with E-state index >= 15 is 0 Å². The summed E-state index contributed by atoms with van der Waals surface area (Å²) in [5.41, 5.74) is -3.50. The summed E-state index contributed by atoms with van der Waals surface area (Å²) >= 11 is 0. The molecule has 0 saturated heterocycles. The minimum Gasteiger partial charge on any atom is -0.219 e. The molecule has 10 heteroatoms. The van der Waals surface area contributed by atoms with Crippen LogP contribution in [-0.4, -0.2) is 8.42 Å². The van der Waals surface area contributed by atoms with Crippen molar-refractivity contribution in [2.24, 2.45) is 0 Å². The molecule has 0 radical (unpaired) electrons. The van der Waals surface area contributed by atoms with E-state index in [1.807, 2.05) is 0 Å². The maximum Gasteiger partial charge on any atom is 0.416 e. The van der Waals surface area contributed by atoms with Crippen LogP contribution in [0.25, 0.3) is 0 Å². The number of hydrogen-bond acceptors (Lipinski definition) is 2. The molecule has 2 nitrogen and oxygen atoms in total. The quantitative estimate of drug-likeness (QED) is 0.566. The third-order valence-electron chi connectivity index (χ3n) is 3.00. The van der Waals surface area contributed by atoms with E-state index in [9.17, 15) is 39.2 Å². The minimum atomic E-state index is -5.17. The summed E-state index contributed by atoms with van der Waals surface area (Å²) in [5, 5.41) is 0. The van der Waals surface area contributed by atoms with Gasteiger partial charge in [-0.15, -0.1) is 0 Å². The fourth-order valence-electron chi connectivity index (χ4n) is 1.83. The first-order valence-corrected chi connectivity index (χ1v) is 7.60. The first-order chi connectivity index (χ1) is 10.8. The third-order valence-corrected chi connectivity index (χ3v) is 4.74. The van der Waals surface area contributed by atoms with Crippen LogP contribution in [0.15, 0.2) is 52.3 Å². The van der Waals surface area contributed by atoms with Gasteiger partial charge in [-0.3, -0.25) is 0 Å². The van der Waals surface area contributed by atoms with Crippen LogP contribution in [0.2, 0.25) is 0 Å². The van der Waals surface area contributed by atoms with Crippen LogP contribution in [0.3, 0.4) is 0 Å². The smallest absolute Gasteiger partial charge is 0.219 e. The minimum absolute atomic E-state index is 0.105. The van der Waals surface area contributed by atoms with Crippen molar-refractivity contribution in [1.82, 2.24) is 0 Å². The number of sulfone groups is 1. The summed E-state index contributed by atoms with van der Waals surface area (Å²) in [6.07, 6.45) is -10.3. The van der Waals surface area contributed by atoms with E-state index < -0.39 is 48.9 Å². The SMILES string of the molecule is O=S(=O)(c1ccc(F)cc1)c1cc(C(F)(F)F)cc(C(F)(F)F)c1. The van der Waals surface area contributed by atoms with Gasteiger partial charge in [0.25, 0.3) is 0 Å². The number of halogens is 7. The number of rotatable bonds is 2. The van der Waals surface area contributed by atoms with Crippen molar-refractivity contribution in [1.29, 1.82) is 0 Å². The number of alkyl halides is 6. The predicted octanol–water partition coefficient (Wildman–Crippen LogP) is 4.70. The molecule has 2 rings (SSSR count). The number of hydrogen-bond donors (Lipinski definition) is 0. The summed E-state index contributed by atoms with van der Waals surface area (Å²) in [6.45, 7) is 0. The average molecular weight is 372 g/mol. The first kappa shape index (κ1) is 18.2. The van der Waals surface area contributed by atoms with Gasteiger partial charge < -0.3 is 0 Å². The number of benzene rings is 2. The highest BCUT2D eigenvalue weighted by molar-refractivity contribution is 7.91. The Labute approximate surface area is 131 Å². The van der Waals surface area contributed by atoms with E-state index in [0.29, 0.717) is 0 Å². The van der Waals surface area contributed by atoms with Crippen molar-refractivity contribution < 1.29 is 39.2 Å². The zero-order valence-corrected chi connectivity index (χ0v) is 12.2. The molecular weight excluding hydrogens is 365 g/mol. The van der Waals surface area contributed by atoms with E-state index in [0.717, 1.165) is 24.3 Å². The van der Waals surface area contributed by atoms with Crippen LogP contribution in [0.1, 0.15) is 11.1 Å². The Bertz CT molecular complexity index is 818. The molecular formula is C14H7F7O2S. The second kappa shape index (κ2) is 5.76. The molecule has 0 aliphatic carbocycles. The van der Waals surface area contributed by atoms with Gasteiger partial charge in [0.15, 0.2) is 0 Å². The van der Waals surface area contributed by atoms with Crippen molar-refractivity contribution in [2.45, 2.75) is 22.1 Å². The van der Waals surface area contributed by atoms with Crippen molar-refractivity contribution in [3.63, 3.8) is 0 Å². The third kappa shape index (κ3) is 3.69. The molecule has 0 aromatic heterocycles. The molecule has 0 unspecified atom stereocenters. The average Bonchev–Trinajstić information content (AvgIpc) is 2.45. The first-order valence-electron chi connectivity index (χ1n) is 6.12. The monoisotopic (exact) mass is 372 g/mol. The molecule has 0 heterocycles. The Morgan fingerprint density at radius 1 is 0.667 bits per heavy atom. The Morgan fingerprint density at radius 3 is 1.46 bits per heavy atom. The van der Waals surface area contributed by atoms with E-state index in [-0.39, 0.29) is 18.2 Å². The fourth-order valence-corrected chi connectivity index (χ4v) is 3.16. The summed E-state index contributed by atoms with van der Waals surface area (Å²) in [6, 6.07) is 2.98. The van der Waals surface area contributed by atoms with Crippen LogP contribution in [0.5, 0.6) is 0 Å². The van der Waals surface area contributed by atoms with Gasteiger partial charge in [-0.25, -0.2) is 12.8 Å². The van der Waals surface area contributed by atoms with E-state index in [2.05, 4.69) is 0 Å². The van der Waals surface area contributed by atoms with E-state index in [1.165, 1.54) is 0 Å². The normalized spacial score (nSPS) is 13.1. The van der Waals surface area contributed by atoms with Gasteiger partial charge in [-0.2, -0.15) is 26.3 Å². The molecule has 24 heavy (non-hydrogen) atoms. The Kier molecular flexibility index (Phi) is 4.38. The van der Waals surface area contributed by atoms with Crippen LogP contribution in [0, 0.1) is 5.82 Å². The molecule has 0 spiro atoms. The highest BCUT2D eigenvalue weighted by Crippen LogP contribution is 2.38. The fraction of sp³-hybridized carbons (Fsp3) is 0.143. The summed E-state index contributed by atoms with van der Waals surface area (Å²) in [5.74, 6) is -0.811. The highest BCUT2D eigenvalue weighted by atomic mass is 32.2. The van der Waals surface area contributed by atoms with Gasteiger partial charge >= 0.3 is 12.4 Å². The van der Waals surface area contributed by atoms with Gasteiger partial charge in [-0.1, -0.05) is 0 Å². The van der Waals surface area contributed by atoms with Crippen molar-refractivity contribution in [3.8, 4) is 0 Å². The van der Waals surface area contributed by atoms with Gasteiger partial charge in [0.2, 0.25) is 9.84 Å². The maximum atomic E-state index is 12.8. The van der Waals surface area contributed by atoms with Gasteiger partial charge in [-0.05, 0) is 42.5 Å². The van der Waals surface area contributed by atoms with Crippen molar-refractivity contribution in [2.75, 3.05) is 0 Å². The molecule has 0 saturated carbocycles. The van der Waals surface area contributed by atoms with Crippen LogP contribution in [0.4, 0.5) is 30.7 Å². The Morgan fingerprint density at radius 2 is 1.08 bits per heavy atom. The molecule has 0 amide bonds. The second-order valence-electron chi connectivity index (χ2n) is 4.70. The lowest BCUT2D eigenvalue weighted by Crippen LogP contribution is -2.13. The standard InChI is InChI=1S/C14H7F7O2S/c15-10-1-3-11(4-2-10)24(22,23)12-6-8(13(16,17)18)5-9(7-12)14(19,20)21/h1-7H. The highest BCUT2D eigenvalue weighted by Gasteiger charge is 2.38. The van der Waals surface area contributed by atoms with Gasteiger partial charge in [0.05, 0.1) is 20.9 Å².